The Morgan fingerprint density at radius 1 is 1.00 bits per heavy atom. The molecule has 2 amide bonds. The van der Waals surface area contributed by atoms with Crippen molar-refractivity contribution >= 4 is 39.1 Å². The van der Waals surface area contributed by atoms with E-state index in [2.05, 4.69) is 26.6 Å². The molecule has 0 aromatic heterocycles. The van der Waals surface area contributed by atoms with Gasteiger partial charge < -0.3 is 15.4 Å². The van der Waals surface area contributed by atoms with Gasteiger partial charge in [0.2, 0.25) is 5.91 Å². The van der Waals surface area contributed by atoms with Gasteiger partial charge in [-0.1, -0.05) is 28.1 Å². The van der Waals surface area contributed by atoms with Crippen molar-refractivity contribution in [1.29, 1.82) is 0 Å². The molecule has 5 nitrogen and oxygen atoms in total. The average molecular weight is 377 g/mol. The Hall–Kier alpha value is -2.34. The maximum Gasteiger partial charge on any atom is 0.265 e. The van der Waals surface area contributed by atoms with Crippen molar-refractivity contribution in [3.63, 3.8) is 0 Å². The van der Waals surface area contributed by atoms with Crippen LogP contribution in [-0.4, -0.2) is 17.9 Å². The van der Waals surface area contributed by atoms with E-state index in [1.165, 1.54) is 6.92 Å². The van der Waals surface area contributed by atoms with Gasteiger partial charge in [-0.05, 0) is 43.3 Å². The van der Waals surface area contributed by atoms with Gasteiger partial charge in [-0.3, -0.25) is 9.59 Å². The number of nitrogens with one attached hydrogen (secondary N) is 2. The van der Waals surface area contributed by atoms with E-state index < -0.39 is 6.10 Å². The molecular formula is C17H17BrN2O3. The van der Waals surface area contributed by atoms with E-state index in [0.29, 0.717) is 17.1 Å². The fourth-order valence-corrected chi connectivity index (χ4v) is 2.16. The summed E-state index contributed by atoms with van der Waals surface area (Å²) in [5.41, 5.74) is 1.07. The minimum Gasteiger partial charge on any atom is -0.481 e. The quantitative estimate of drug-likeness (QED) is 0.833. The van der Waals surface area contributed by atoms with Crippen molar-refractivity contribution < 1.29 is 14.3 Å². The van der Waals surface area contributed by atoms with Gasteiger partial charge in [-0.2, -0.15) is 0 Å². The first-order valence-electron chi connectivity index (χ1n) is 7.05. The molecule has 0 saturated carbocycles. The molecule has 2 aromatic carbocycles. The standard InChI is InChI=1S/C17H17BrN2O3/c1-11(23-14-9-7-13(18)8-10-14)17(22)20-16-6-4-3-5-15(16)19-12(2)21/h3-11H,1-2H3,(H,19,21)(H,20,22). The van der Waals surface area contributed by atoms with Gasteiger partial charge in [0.25, 0.3) is 5.91 Å². The van der Waals surface area contributed by atoms with Crippen LogP contribution in [-0.2, 0) is 9.59 Å². The lowest BCUT2D eigenvalue weighted by atomic mass is 10.2. The molecular weight excluding hydrogens is 360 g/mol. The molecule has 0 bridgehead atoms. The second-order valence-electron chi connectivity index (χ2n) is 4.93. The number of rotatable bonds is 5. The van der Waals surface area contributed by atoms with Crippen LogP contribution < -0.4 is 15.4 Å². The highest BCUT2D eigenvalue weighted by molar-refractivity contribution is 9.10. The molecule has 2 rings (SSSR count). The maximum absolute atomic E-state index is 12.3. The predicted octanol–water partition coefficient (Wildman–Crippen LogP) is 3.81. The van der Waals surface area contributed by atoms with Gasteiger partial charge >= 0.3 is 0 Å². The fraction of sp³-hybridized carbons (Fsp3) is 0.176. The number of ether oxygens (including phenoxy) is 1. The van der Waals surface area contributed by atoms with Crippen LogP contribution in [0.1, 0.15) is 13.8 Å². The lowest BCUT2D eigenvalue weighted by Gasteiger charge is -2.16. The van der Waals surface area contributed by atoms with Crippen LogP contribution in [0.15, 0.2) is 53.0 Å². The molecule has 0 fully saturated rings. The van der Waals surface area contributed by atoms with Gasteiger partial charge in [-0.25, -0.2) is 0 Å². The highest BCUT2D eigenvalue weighted by Gasteiger charge is 2.16. The maximum atomic E-state index is 12.3. The number of amides is 2. The SMILES string of the molecule is CC(=O)Nc1ccccc1NC(=O)C(C)Oc1ccc(Br)cc1. The monoisotopic (exact) mass is 376 g/mol. The Morgan fingerprint density at radius 3 is 2.13 bits per heavy atom. The zero-order valence-corrected chi connectivity index (χ0v) is 14.4. The highest BCUT2D eigenvalue weighted by Crippen LogP contribution is 2.22. The molecule has 0 saturated heterocycles. The van der Waals surface area contributed by atoms with Crippen LogP contribution in [0.25, 0.3) is 0 Å². The third kappa shape index (κ3) is 5.10. The largest absolute Gasteiger partial charge is 0.481 e. The summed E-state index contributed by atoms with van der Waals surface area (Å²) in [5.74, 6) is 0.0996. The molecule has 1 atom stereocenters. The molecule has 1 unspecified atom stereocenters. The average Bonchev–Trinajstić information content (AvgIpc) is 2.51. The summed E-state index contributed by atoms with van der Waals surface area (Å²) < 4.78 is 6.54. The summed E-state index contributed by atoms with van der Waals surface area (Å²) in [5, 5.41) is 5.43. The van der Waals surface area contributed by atoms with E-state index in [9.17, 15) is 9.59 Å². The van der Waals surface area contributed by atoms with Crippen molar-refractivity contribution in [3.8, 4) is 5.75 Å². The first kappa shape index (κ1) is 17.0. The van der Waals surface area contributed by atoms with Crippen LogP contribution in [0.3, 0.4) is 0 Å². The highest BCUT2D eigenvalue weighted by atomic mass is 79.9. The Kier molecular flexibility index (Phi) is 5.76. The van der Waals surface area contributed by atoms with Crippen LogP contribution in [0.4, 0.5) is 11.4 Å². The van der Waals surface area contributed by atoms with Gasteiger partial charge in [0.05, 0.1) is 11.4 Å². The van der Waals surface area contributed by atoms with Crippen molar-refractivity contribution in [3.05, 3.63) is 53.0 Å². The molecule has 0 aliphatic carbocycles. The minimum atomic E-state index is -0.679. The van der Waals surface area contributed by atoms with Gasteiger partial charge in [-0.15, -0.1) is 0 Å². The van der Waals surface area contributed by atoms with Crippen LogP contribution in [0.2, 0.25) is 0 Å². The predicted molar refractivity (Wildman–Crippen MR) is 93.6 cm³/mol. The van der Waals surface area contributed by atoms with Crippen LogP contribution in [0.5, 0.6) is 5.75 Å². The molecule has 23 heavy (non-hydrogen) atoms. The van der Waals surface area contributed by atoms with Crippen LogP contribution >= 0.6 is 15.9 Å². The van der Waals surface area contributed by atoms with Gasteiger partial charge in [0.15, 0.2) is 6.10 Å². The molecule has 6 heteroatoms. The first-order chi connectivity index (χ1) is 11.0. The summed E-state index contributed by atoms with van der Waals surface area (Å²) in [4.78, 5) is 23.5. The van der Waals surface area contributed by atoms with Crippen molar-refractivity contribution in [2.75, 3.05) is 10.6 Å². The summed E-state index contributed by atoms with van der Waals surface area (Å²) >= 11 is 3.34. The Labute approximate surface area is 143 Å². The van der Waals surface area contributed by atoms with E-state index >= 15 is 0 Å². The molecule has 0 aliphatic rings. The minimum absolute atomic E-state index is 0.203. The third-order valence-corrected chi connectivity index (χ3v) is 3.52. The molecule has 2 N–H and O–H groups in total. The van der Waals surface area contributed by atoms with Crippen LogP contribution in [0, 0.1) is 0 Å². The lowest BCUT2D eigenvalue weighted by molar-refractivity contribution is -0.122. The summed E-state index contributed by atoms with van der Waals surface area (Å²) in [7, 11) is 0. The summed E-state index contributed by atoms with van der Waals surface area (Å²) in [6.07, 6.45) is -0.679. The Morgan fingerprint density at radius 2 is 1.57 bits per heavy atom. The molecule has 2 aromatic rings. The normalized spacial score (nSPS) is 11.4. The van der Waals surface area contributed by atoms with Crippen molar-refractivity contribution in [2.45, 2.75) is 20.0 Å². The smallest absolute Gasteiger partial charge is 0.265 e. The lowest BCUT2D eigenvalue weighted by Crippen LogP contribution is -2.30. The number of hydrogen-bond acceptors (Lipinski definition) is 3. The molecule has 120 valence electrons. The zero-order valence-electron chi connectivity index (χ0n) is 12.8. The second kappa shape index (κ2) is 7.78. The Bertz CT molecular complexity index is 701. The molecule has 0 aliphatic heterocycles. The number of carbonyl (C=O) groups excluding carboxylic acids is 2. The number of anilines is 2. The van der Waals surface area contributed by atoms with Crippen molar-refractivity contribution in [1.82, 2.24) is 0 Å². The fourth-order valence-electron chi connectivity index (χ4n) is 1.90. The second-order valence-corrected chi connectivity index (χ2v) is 5.85. The zero-order chi connectivity index (χ0) is 16.8. The number of carbonyl (C=O) groups is 2. The van der Waals surface area contributed by atoms with E-state index in [4.69, 9.17) is 4.74 Å². The van der Waals surface area contributed by atoms with E-state index in [-0.39, 0.29) is 11.8 Å². The number of hydrogen-bond donors (Lipinski definition) is 2. The number of halogens is 1. The van der Waals surface area contributed by atoms with E-state index in [1.807, 2.05) is 12.1 Å². The Balaban J connectivity index is 2.03. The van der Waals surface area contributed by atoms with E-state index in [1.54, 1.807) is 43.3 Å². The summed E-state index contributed by atoms with van der Waals surface area (Å²) in [6.45, 7) is 3.08. The van der Waals surface area contributed by atoms with Gasteiger partial charge in [0, 0.05) is 11.4 Å². The number of para-hydroxylation sites is 2. The molecule has 0 radical (unpaired) electrons. The van der Waals surface area contributed by atoms with Gasteiger partial charge in [0.1, 0.15) is 5.75 Å². The number of benzene rings is 2. The van der Waals surface area contributed by atoms with Crippen molar-refractivity contribution in [2.24, 2.45) is 0 Å². The topological polar surface area (TPSA) is 67.4 Å². The molecule has 0 heterocycles. The summed E-state index contributed by atoms with van der Waals surface area (Å²) in [6, 6.07) is 14.2. The van der Waals surface area contributed by atoms with E-state index in [0.717, 1.165) is 4.47 Å². The first-order valence-corrected chi connectivity index (χ1v) is 7.84. The third-order valence-electron chi connectivity index (χ3n) is 2.99. The molecule has 0 spiro atoms.